The molecule has 0 aromatic carbocycles. The number of halogens is 5. The highest BCUT2D eigenvalue weighted by atomic mass is 19.4. The van der Waals surface area contributed by atoms with E-state index in [1.165, 1.54) is 71.1 Å². The van der Waals surface area contributed by atoms with Crippen LogP contribution in [0.3, 0.4) is 0 Å². The highest BCUT2D eigenvalue weighted by Gasteiger charge is 2.64. The monoisotopic (exact) mass is 614 g/mol. The van der Waals surface area contributed by atoms with Gasteiger partial charge in [0, 0.05) is 0 Å². The maximum absolute atomic E-state index is 13.5. The number of esters is 1. The Kier molecular flexibility index (Phi) is 20.7. The lowest BCUT2D eigenvalue weighted by Gasteiger charge is -2.29. The number of hydrogen-bond donors (Lipinski definition) is 2. The summed E-state index contributed by atoms with van der Waals surface area (Å²) in [5.74, 6) is -11.2. The number of amides is 2. The van der Waals surface area contributed by atoms with Gasteiger partial charge in [-0.15, -0.1) is 0 Å². The van der Waals surface area contributed by atoms with E-state index in [1.807, 2.05) is 0 Å². The third kappa shape index (κ3) is 15.5. The molecule has 0 aromatic rings. The van der Waals surface area contributed by atoms with E-state index in [9.17, 15) is 36.3 Å². The summed E-state index contributed by atoms with van der Waals surface area (Å²) in [5, 5.41) is 3.97. The molecule has 0 radical (unpaired) electrons. The SMILES string of the molecule is CCCCCCCCCCCCCCCCOC(=O)C(NC(=O)C(NC(=O)C(F)(F)C(F)(F)F)C(C)CC)C(C)CC. The second-order valence-electron chi connectivity index (χ2n) is 11.5. The summed E-state index contributed by atoms with van der Waals surface area (Å²) in [4.78, 5) is 37.5. The number of ether oxygens (including phenoxy) is 1. The zero-order chi connectivity index (χ0) is 32.2. The van der Waals surface area contributed by atoms with Gasteiger partial charge in [-0.3, -0.25) is 9.59 Å². The van der Waals surface area contributed by atoms with Gasteiger partial charge in [-0.1, -0.05) is 131 Å². The molecular formula is C31H55F5N2O4. The minimum Gasteiger partial charge on any atom is -0.464 e. The minimum absolute atomic E-state index is 0.156. The Bertz CT molecular complexity index is 764. The fourth-order valence-corrected chi connectivity index (χ4v) is 4.53. The van der Waals surface area contributed by atoms with Gasteiger partial charge in [-0.25, -0.2) is 4.79 Å². The Morgan fingerprint density at radius 2 is 1.02 bits per heavy atom. The van der Waals surface area contributed by atoms with Crippen molar-refractivity contribution in [2.24, 2.45) is 11.8 Å². The molecule has 0 bridgehead atoms. The van der Waals surface area contributed by atoms with Crippen LogP contribution in [0.4, 0.5) is 22.0 Å². The van der Waals surface area contributed by atoms with Crippen LogP contribution < -0.4 is 10.6 Å². The van der Waals surface area contributed by atoms with E-state index in [2.05, 4.69) is 12.2 Å². The van der Waals surface area contributed by atoms with Crippen LogP contribution >= 0.6 is 0 Å². The second kappa shape index (κ2) is 21.7. The van der Waals surface area contributed by atoms with E-state index in [-0.39, 0.29) is 13.0 Å². The van der Waals surface area contributed by atoms with Crippen LogP contribution in [0.1, 0.15) is 137 Å². The predicted octanol–water partition coefficient (Wildman–Crippen LogP) is 8.27. The summed E-state index contributed by atoms with van der Waals surface area (Å²) in [6.07, 6.45) is 11.1. The predicted molar refractivity (Wildman–Crippen MR) is 155 cm³/mol. The van der Waals surface area contributed by atoms with Crippen molar-refractivity contribution >= 4 is 17.8 Å². The Hall–Kier alpha value is -1.94. The molecule has 0 saturated heterocycles. The topological polar surface area (TPSA) is 84.5 Å². The first kappa shape index (κ1) is 40.1. The van der Waals surface area contributed by atoms with Crippen molar-refractivity contribution in [3.05, 3.63) is 0 Å². The maximum Gasteiger partial charge on any atom is 0.463 e. The lowest BCUT2D eigenvalue weighted by atomic mass is 9.95. The van der Waals surface area contributed by atoms with Gasteiger partial charge in [0.25, 0.3) is 0 Å². The van der Waals surface area contributed by atoms with Crippen molar-refractivity contribution in [1.82, 2.24) is 10.6 Å². The molecule has 0 aliphatic carbocycles. The lowest BCUT2D eigenvalue weighted by molar-refractivity contribution is -0.270. The number of carbonyl (C=O) groups is 3. The number of nitrogens with one attached hydrogen (secondary N) is 2. The largest absolute Gasteiger partial charge is 0.464 e. The van der Waals surface area contributed by atoms with Crippen LogP contribution in [0, 0.1) is 11.8 Å². The number of carbonyl (C=O) groups excluding carboxylic acids is 3. The smallest absolute Gasteiger partial charge is 0.463 e. The van der Waals surface area contributed by atoms with Crippen LogP contribution in [-0.4, -0.2) is 48.6 Å². The van der Waals surface area contributed by atoms with Gasteiger partial charge in [-0.05, 0) is 18.3 Å². The Morgan fingerprint density at radius 3 is 1.43 bits per heavy atom. The molecule has 42 heavy (non-hydrogen) atoms. The molecule has 0 saturated carbocycles. The molecule has 0 fully saturated rings. The molecule has 0 aliphatic rings. The average Bonchev–Trinajstić information content (AvgIpc) is 2.94. The molecule has 11 heteroatoms. The van der Waals surface area contributed by atoms with Gasteiger partial charge >= 0.3 is 24.0 Å². The van der Waals surface area contributed by atoms with Crippen LogP contribution in [0.15, 0.2) is 0 Å². The van der Waals surface area contributed by atoms with Crippen molar-refractivity contribution in [3.63, 3.8) is 0 Å². The number of unbranched alkanes of at least 4 members (excludes halogenated alkanes) is 13. The van der Waals surface area contributed by atoms with Crippen molar-refractivity contribution in [2.75, 3.05) is 6.61 Å². The summed E-state index contributed by atoms with van der Waals surface area (Å²) >= 11 is 0. The summed E-state index contributed by atoms with van der Waals surface area (Å²) in [7, 11) is 0. The first-order valence-electron chi connectivity index (χ1n) is 16.0. The van der Waals surface area contributed by atoms with Crippen LogP contribution in [0.25, 0.3) is 0 Å². The molecule has 2 amide bonds. The molecular weight excluding hydrogens is 559 g/mol. The van der Waals surface area contributed by atoms with Gasteiger partial charge in [0.2, 0.25) is 5.91 Å². The fourth-order valence-electron chi connectivity index (χ4n) is 4.53. The molecule has 6 nitrogen and oxygen atoms in total. The molecule has 4 atom stereocenters. The number of alkyl halides is 5. The summed E-state index contributed by atoms with van der Waals surface area (Å²) in [6.45, 7) is 8.87. The molecule has 2 N–H and O–H groups in total. The molecule has 0 aliphatic heterocycles. The second-order valence-corrected chi connectivity index (χ2v) is 11.5. The molecule has 4 unspecified atom stereocenters. The first-order chi connectivity index (χ1) is 19.7. The van der Waals surface area contributed by atoms with Gasteiger partial charge in [0.1, 0.15) is 12.1 Å². The van der Waals surface area contributed by atoms with E-state index in [1.54, 1.807) is 26.1 Å². The Labute approximate surface area is 249 Å². The quantitative estimate of drug-likeness (QED) is 0.0651. The van der Waals surface area contributed by atoms with E-state index in [4.69, 9.17) is 4.74 Å². The van der Waals surface area contributed by atoms with Gasteiger partial charge in [-0.2, -0.15) is 22.0 Å². The van der Waals surface area contributed by atoms with Crippen molar-refractivity contribution in [1.29, 1.82) is 0 Å². The van der Waals surface area contributed by atoms with Crippen molar-refractivity contribution < 1.29 is 41.1 Å². The number of rotatable bonds is 24. The standard InChI is InChI=1S/C31H55F5N2O4/c1-6-9-10-11-12-13-14-15-16-17-18-19-20-21-22-42-28(40)26(24(5)8-3)37-27(39)25(23(4)7-2)38-29(41)30(32,33)31(34,35)36/h23-26H,6-22H2,1-5H3,(H,37,39)(H,38,41). The van der Waals surface area contributed by atoms with Crippen LogP contribution in [-0.2, 0) is 19.1 Å². The highest BCUT2D eigenvalue weighted by Crippen LogP contribution is 2.35. The van der Waals surface area contributed by atoms with Crippen LogP contribution in [0.5, 0.6) is 0 Å². The molecule has 0 heterocycles. The minimum atomic E-state index is -6.11. The normalized spacial score (nSPS) is 15.0. The van der Waals surface area contributed by atoms with Crippen LogP contribution in [0.2, 0.25) is 0 Å². The number of hydrogen-bond acceptors (Lipinski definition) is 4. The van der Waals surface area contributed by atoms with Crippen molar-refractivity contribution in [3.8, 4) is 0 Å². The Morgan fingerprint density at radius 1 is 0.619 bits per heavy atom. The molecule has 248 valence electrons. The zero-order valence-electron chi connectivity index (χ0n) is 26.4. The van der Waals surface area contributed by atoms with E-state index in [0.29, 0.717) is 12.8 Å². The Balaban J connectivity index is 4.64. The third-order valence-corrected chi connectivity index (χ3v) is 7.93. The first-order valence-corrected chi connectivity index (χ1v) is 16.0. The highest BCUT2D eigenvalue weighted by molar-refractivity contribution is 5.93. The van der Waals surface area contributed by atoms with Gasteiger partial charge in [0.05, 0.1) is 6.61 Å². The van der Waals surface area contributed by atoms with E-state index < -0.39 is 53.8 Å². The maximum atomic E-state index is 13.5. The fraction of sp³-hybridized carbons (Fsp3) is 0.903. The summed E-state index contributed by atoms with van der Waals surface area (Å²) in [5.41, 5.74) is 0. The molecule has 0 spiro atoms. The average molecular weight is 615 g/mol. The zero-order valence-corrected chi connectivity index (χ0v) is 26.4. The van der Waals surface area contributed by atoms with Gasteiger partial charge < -0.3 is 15.4 Å². The van der Waals surface area contributed by atoms with Gasteiger partial charge in [0.15, 0.2) is 0 Å². The molecule has 0 aromatic heterocycles. The van der Waals surface area contributed by atoms with Crippen molar-refractivity contribution in [2.45, 2.75) is 162 Å². The lowest BCUT2D eigenvalue weighted by Crippen LogP contribution is -2.60. The summed E-state index contributed by atoms with van der Waals surface area (Å²) < 4.78 is 70.4. The van der Waals surface area contributed by atoms with E-state index in [0.717, 1.165) is 19.3 Å². The molecule has 0 rings (SSSR count). The van der Waals surface area contributed by atoms with E-state index >= 15 is 0 Å². The third-order valence-electron chi connectivity index (χ3n) is 7.93. The summed E-state index contributed by atoms with van der Waals surface area (Å²) in [6, 6.07) is -2.83.